The van der Waals surface area contributed by atoms with Gasteiger partial charge in [-0.15, -0.1) is 12.4 Å². The summed E-state index contributed by atoms with van der Waals surface area (Å²) in [5.41, 5.74) is 0.434. The standard InChI is InChI=1S/C18H26FN3O2.ClH/c1-12(2)10-17(23)21-16-5-4-13(11-15(16)19)18(24)22-8-6-14(20-3)7-9-22;/h4-5,11-12,14,20H,6-10H2,1-3H3,(H,21,23);1H. The maximum absolute atomic E-state index is 14.2. The Balaban J connectivity index is 0.00000312. The zero-order chi connectivity index (χ0) is 17.7. The van der Waals surface area contributed by atoms with Crippen molar-refractivity contribution in [3.8, 4) is 0 Å². The van der Waals surface area contributed by atoms with Gasteiger partial charge in [0.25, 0.3) is 5.91 Å². The van der Waals surface area contributed by atoms with Crippen LogP contribution in [0.5, 0.6) is 0 Å². The third-order valence-electron chi connectivity index (χ3n) is 4.27. The van der Waals surface area contributed by atoms with Crippen molar-refractivity contribution < 1.29 is 14.0 Å². The number of piperidine rings is 1. The van der Waals surface area contributed by atoms with E-state index in [0.29, 0.717) is 31.1 Å². The van der Waals surface area contributed by atoms with Gasteiger partial charge in [0.1, 0.15) is 5.82 Å². The zero-order valence-electron chi connectivity index (χ0n) is 15.0. The summed E-state index contributed by atoms with van der Waals surface area (Å²) in [4.78, 5) is 26.0. The van der Waals surface area contributed by atoms with Crippen LogP contribution in [-0.4, -0.2) is 42.9 Å². The number of rotatable bonds is 5. The van der Waals surface area contributed by atoms with Gasteiger partial charge in [-0.2, -0.15) is 0 Å². The number of amides is 2. The van der Waals surface area contributed by atoms with Crippen LogP contribution in [0, 0.1) is 11.7 Å². The minimum absolute atomic E-state index is 0. The lowest BCUT2D eigenvalue weighted by atomic mass is 10.0. The van der Waals surface area contributed by atoms with Crippen molar-refractivity contribution in [2.45, 2.75) is 39.2 Å². The molecule has 0 bridgehead atoms. The Bertz CT molecular complexity index is 602. The van der Waals surface area contributed by atoms with E-state index in [1.54, 1.807) is 11.0 Å². The number of halogens is 2. The second-order valence-corrected chi connectivity index (χ2v) is 6.70. The number of hydrogen-bond acceptors (Lipinski definition) is 3. The second-order valence-electron chi connectivity index (χ2n) is 6.70. The molecule has 1 aromatic carbocycles. The Kier molecular flexibility index (Phi) is 8.32. The Hall–Kier alpha value is -1.66. The fourth-order valence-corrected chi connectivity index (χ4v) is 2.88. The number of benzene rings is 1. The number of nitrogens with one attached hydrogen (secondary N) is 2. The molecule has 0 spiro atoms. The highest BCUT2D eigenvalue weighted by Crippen LogP contribution is 2.19. The van der Waals surface area contributed by atoms with Crippen molar-refractivity contribution in [2.24, 2.45) is 5.92 Å². The van der Waals surface area contributed by atoms with Gasteiger partial charge in [0.2, 0.25) is 5.91 Å². The van der Waals surface area contributed by atoms with Gasteiger partial charge in [-0.25, -0.2) is 4.39 Å². The van der Waals surface area contributed by atoms with Crippen LogP contribution in [0.1, 0.15) is 43.5 Å². The molecule has 0 atom stereocenters. The Morgan fingerprint density at radius 2 is 1.92 bits per heavy atom. The molecule has 1 aliphatic heterocycles. The van der Waals surface area contributed by atoms with E-state index >= 15 is 0 Å². The van der Waals surface area contributed by atoms with Crippen molar-refractivity contribution in [1.29, 1.82) is 0 Å². The summed E-state index contributed by atoms with van der Waals surface area (Å²) in [5, 5.41) is 5.77. The normalized spacial score (nSPS) is 15.0. The van der Waals surface area contributed by atoms with Crippen molar-refractivity contribution in [3.05, 3.63) is 29.6 Å². The summed E-state index contributed by atoms with van der Waals surface area (Å²) in [5.74, 6) is -0.766. The monoisotopic (exact) mass is 371 g/mol. The van der Waals surface area contributed by atoms with E-state index < -0.39 is 5.82 Å². The Labute approximate surface area is 154 Å². The highest BCUT2D eigenvalue weighted by Gasteiger charge is 2.23. The number of nitrogens with zero attached hydrogens (tertiary/aromatic N) is 1. The number of hydrogen-bond donors (Lipinski definition) is 2. The van der Waals surface area contributed by atoms with Crippen LogP contribution in [0.15, 0.2) is 18.2 Å². The van der Waals surface area contributed by atoms with Gasteiger partial charge >= 0.3 is 0 Å². The lowest BCUT2D eigenvalue weighted by molar-refractivity contribution is -0.116. The largest absolute Gasteiger partial charge is 0.339 e. The molecule has 1 saturated heterocycles. The molecule has 7 heteroatoms. The molecular weight excluding hydrogens is 345 g/mol. The first-order valence-corrected chi connectivity index (χ1v) is 8.46. The van der Waals surface area contributed by atoms with Gasteiger partial charge in [-0.3, -0.25) is 9.59 Å². The number of carbonyl (C=O) groups is 2. The molecule has 0 radical (unpaired) electrons. The van der Waals surface area contributed by atoms with Gasteiger partial charge < -0.3 is 15.5 Å². The first-order chi connectivity index (χ1) is 11.4. The summed E-state index contributed by atoms with van der Waals surface area (Å²) < 4.78 is 14.2. The lowest BCUT2D eigenvalue weighted by Crippen LogP contribution is -2.43. The number of likely N-dealkylation sites (tertiary alicyclic amines) is 1. The van der Waals surface area contributed by atoms with Gasteiger partial charge in [-0.1, -0.05) is 13.8 Å². The molecule has 1 heterocycles. The van der Waals surface area contributed by atoms with Crippen LogP contribution >= 0.6 is 12.4 Å². The van der Waals surface area contributed by atoms with Crippen LogP contribution < -0.4 is 10.6 Å². The van der Waals surface area contributed by atoms with Crippen LogP contribution in [0.4, 0.5) is 10.1 Å². The van der Waals surface area contributed by atoms with E-state index in [9.17, 15) is 14.0 Å². The van der Waals surface area contributed by atoms with Crippen LogP contribution in [0.2, 0.25) is 0 Å². The Morgan fingerprint density at radius 1 is 1.28 bits per heavy atom. The van der Waals surface area contributed by atoms with Crippen molar-refractivity contribution in [1.82, 2.24) is 10.2 Å². The zero-order valence-corrected chi connectivity index (χ0v) is 15.8. The molecule has 0 unspecified atom stereocenters. The summed E-state index contributed by atoms with van der Waals surface area (Å²) in [6.45, 7) is 5.18. The first kappa shape index (κ1) is 21.4. The van der Waals surface area contributed by atoms with Gasteiger partial charge in [0, 0.05) is 31.1 Å². The van der Waals surface area contributed by atoms with Gasteiger partial charge in [-0.05, 0) is 44.0 Å². The fraction of sp³-hybridized carbons (Fsp3) is 0.556. The topological polar surface area (TPSA) is 61.4 Å². The van der Waals surface area contributed by atoms with Gasteiger partial charge in [0.05, 0.1) is 5.69 Å². The Morgan fingerprint density at radius 3 is 2.44 bits per heavy atom. The molecule has 2 rings (SSSR count). The molecule has 2 N–H and O–H groups in total. The molecular formula is C18H27ClFN3O2. The van der Waals surface area contributed by atoms with Crippen molar-refractivity contribution >= 4 is 29.9 Å². The van der Waals surface area contributed by atoms with E-state index in [2.05, 4.69) is 10.6 Å². The molecule has 0 saturated carbocycles. The maximum Gasteiger partial charge on any atom is 0.253 e. The third-order valence-corrected chi connectivity index (χ3v) is 4.27. The van der Waals surface area contributed by atoms with Crippen LogP contribution in [0.25, 0.3) is 0 Å². The lowest BCUT2D eigenvalue weighted by Gasteiger charge is -2.31. The smallest absolute Gasteiger partial charge is 0.253 e. The summed E-state index contributed by atoms with van der Waals surface area (Å²) in [7, 11) is 1.92. The second kappa shape index (κ2) is 9.73. The van der Waals surface area contributed by atoms with E-state index in [1.165, 1.54) is 12.1 Å². The average molecular weight is 372 g/mol. The molecule has 0 aliphatic carbocycles. The SMILES string of the molecule is CNC1CCN(C(=O)c2ccc(NC(=O)CC(C)C)c(F)c2)CC1.Cl. The van der Waals surface area contributed by atoms with E-state index in [1.807, 2.05) is 20.9 Å². The minimum atomic E-state index is -0.580. The number of anilines is 1. The predicted octanol–water partition coefficient (Wildman–Crippen LogP) is 3.06. The quantitative estimate of drug-likeness (QED) is 0.836. The highest BCUT2D eigenvalue weighted by molar-refractivity contribution is 5.96. The van der Waals surface area contributed by atoms with Crippen LogP contribution in [-0.2, 0) is 4.79 Å². The molecule has 2 amide bonds. The van der Waals surface area contributed by atoms with Crippen molar-refractivity contribution in [2.75, 3.05) is 25.5 Å². The summed E-state index contributed by atoms with van der Waals surface area (Å²) in [6, 6.07) is 4.67. The molecule has 5 nitrogen and oxygen atoms in total. The van der Waals surface area contributed by atoms with Crippen molar-refractivity contribution in [3.63, 3.8) is 0 Å². The minimum Gasteiger partial charge on any atom is -0.339 e. The molecule has 1 aliphatic rings. The summed E-state index contributed by atoms with van der Waals surface area (Å²) >= 11 is 0. The van der Waals surface area contributed by atoms with Crippen LogP contribution in [0.3, 0.4) is 0 Å². The molecule has 0 aromatic heterocycles. The maximum atomic E-state index is 14.2. The number of carbonyl (C=O) groups excluding carboxylic acids is 2. The van der Waals surface area contributed by atoms with E-state index in [4.69, 9.17) is 0 Å². The predicted molar refractivity (Wildman–Crippen MR) is 99.7 cm³/mol. The van der Waals surface area contributed by atoms with E-state index in [-0.39, 0.29) is 35.8 Å². The molecule has 25 heavy (non-hydrogen) atoms. The summed E-state index contributed by atoms with van der Waals surface area (Å²) in [6.07, 6.45) is 2.13. The first-order valence-electron chi connectivity index (χ1n) is 8.46. The average Bonchev–Trinajstić information content (AvgIpc) is 2.55. The highest BCUT2D eigenvalue weighted by atomic mass is 35.5. The fourth-order valence-electron chi connectivity index (χ4n) is 2.88. The molecule has 140 valence electrons. The van der Waals surface area contributed by atoms with Gasteiger partial charge in [0.15, 0.2) is 0 Å². The molecule has 1 aromatic rings. The third kappa shape index (κ3) is 5.97. The molecule has 1 fully saturated rings. The van der Waals surface area contributed by atoms with E-state index in [0.717, 1.165) is 12.8 Å².